The number of cyclic esters (lactones) is 1. The van der Waals surface area contributed by atoms with Crippen molar-refractivity contribution in [3.8, 4) is 0 Å². The first-order valence-electron chi connectivity index (χ1n) is 5.35. The van der Waals surface area contributed by atoms with Crippen molar-refractivity contribution in [2.45, 2.75) is 37.6 Å². The Morgan fingerprint density at radius 3 is 3.07 bits per heavy atom. The van der Waals surface area contributed by atoms with Crippen LogP contribution in [-0.4, -0.2) is 47.4 Å². The molecule has 4 atom stereocenters. The van der Waals surface area contributed by atoms with E-state index >= 15 is 0 Å². The van der Waals surface area contributed by atoms with E-state index in [2.05, 4.69) is 10.2 Å². The summed E-state index contributed by atoms with van der Waals surface area (Å²) in [7, 11) is 3.30. The van der Waals surface area contributed by atoms with Crippen LogP contribution in [0.4, 0.5) is 0 Å². The van der Waals surface area contributed by atoms with Gasteiger partial charge >= 0.3 is 5.97 Å². The quantitative estimate of drug-likeness (QED) is 0.490. The number of rotatable bonds is 2. The van der Waals surface area contributed by atoms with E-state index in [4.69, 9.17) is 14.2 Å². The molecule has 4 unspecified atom stereocenters. The Hall–Kier alpha value is -0.393. The number of hydrogen-bond acceptors (Lipinski definition) is 4. The van der Waals surface area contributed by atoms with Gasteiger partial charge in [-0.25, -0.2) is 0 Å². The number of carbonyl (C=O) groups excluding carboxylic acids is 1. The minimum absolute atomic E-state index is 0.0481. The normalized spacial score (nSPS) is 47.8. The van der Waals surface area contributed by atoms with Crippen molar-refractivity contribution in [2.75, 3.05) is 12.8 Å². The molecule has 1 spiro atoms. The zero-order chi connectivity index (χ0) is 10.5. The van der Waals surface area contributed by atoms with E-state index in [1.54, 1.807) is 0 Å². The van der Waals surface area contributed by atoms with Gasteiger partial charge in [0.25, 0.3) is 0 Å². The number of esters is 1. The lowest BCUT2D eigenvalue weighted by atomic mass is 9.72. The number of fused-ring (bicyclic) bond motifs is 3. The smallest absolute Gasteiger partial charge is 0.315 e. The topological polar surface area (TPSA) is 44.8 Å². The predicted octanol–water partition coefficient (Wildman–Crippen LogP) is -0.00790. The van der Waals surface area contributed by atoms with Crippen molar-refractivity contribution in [1.29, 1.82) is 0 Å². The third-order valence-electron chi connectivity index (χ3n) is 3.79. The van der Waals surface area contributed by atoms with Crippen LogP contribution in [0.3, 0.4) is 0 Å². The molecule has 3 radical (unpaired) electrons. The fourth-order valence-electron chi connectivity index (χ4n) is 3.15. The summed E-state index contributed by atoms with van der Waals surface area (Å²) in [5.41, 5.74) is -0.394. The van der Waals surface area contributed by atoms with E-state index in [-0.39, 0.29) is 24.3 Å². The fourth-order valence-corrected chi connectivity index (χ4v) is 3.37. The fraction of sp³-hybridized carbons (Fsp3) is 0.900. The Balaban J connectivity index is 1.85. The van der Waals surface area contributed by atoms with Crippen molar-refractivity contribution < 1.29 is 19.0 Å². The molecule has 5 heteroatoms. The van der Waals surface area contributed by atoms with Crippen LogP contribution in [0.5, 0.6) is 0 Å². The van der Waals surface area contributed by atoms with Crippen molar-refractivity contribution >= 4 is 16.2 Å². The van der Waals surface area contributed by atoms with Crippen LogP contribution in [0.25, 0.3) is 0 Å². The summed E-state index contributed by atoms with van der Waals surface area (Å²) in [5.74, 6) is -0.0859. The molecule has 0 aromatic carbocycles. The molecule has 15 heavy (non-hydrogen) atoms. The van der Waals surface area contributed by atoms with Gasteiger partial charge in [-0.05, 0) is 6.42 Å². The molecule has 0 N–H and O–H groups in total. The Morgan fingerprint density at radius 2 is 2.47 bits per heavy atom. The standard InChI is InChI=1S/C10H13O4Si/c11-9-10(1-2-12-9)4-6-3-7(13-5-15)8(10)14-6/h6-8H,1-5H2. The molecule has 3 fully saturated rings. The molecule has 3 rings (SSSR count). The zero-order valence-corrected chi connectivity index (χ0v) is 9.40. The molecule has 0 saturated carbocycles. The van der Waals surface area contributed by atoms with Crippen LogP contribution in [-0.2, 0) is 19.0 Å². The first-order chi connectivity index (χ1) is 7.26. The average molecular weight is 225 g/mol. The van der Waals surface area contributed by atoms with E-state index in [0.717, 1.165) is 19.3 Å². The van der Waals surface area contributed by atoms with Gasteiger partial charge in [0, 0.05) is 19.1 Å². The van der Waals surface area contributed by atoms with Gasteiger partial charge in [-0.2, -0.15) is 0 Å². The molecule has 3 heterocycles. The van der Waals surface area contributed by atoms with Crippen molar-refractivity contribution in [1.82, 2.24) is 0 Å². The molecule has 2 bridgehead atoms. The minimum atomic E-state index is -0.394. The molecular weight excluding hydrogens is 212 g/mol. The van der Waals surface area contributed by atoms with Crippen molar-refractivity contribution in [2.24, 2.45) is 5.41 Å². The molecule has 0 aromatic heterocycles. The van der Waals surface area contributed by atoms with Gasteiger partial charge in [0.05, 0.1) is 29.1 Å². The molecule has 3 saturated heterocycles. The van der Waals surface area contributed by atoms with E-state index in [1.807, 2.05) is 0 Å². The molecule has 4 nitrogen and oxygen atoms in total. The third kappa shape index (κ3) is 1.23. The minimum Gasteiger partial charge on any atom is -0.465 e. The first-order valence-corrected chi connectivity index (χ1v) is 6.06. The Kier molecular flexibility index (Phi) is 2.16. The Bertz CT molecular complexity index is 295. The Labute approximate surface area is 91.7 Å². The molecule has 3 aliphatic heterocycles. The van der Waals surface area contributed by atoms with Gasteiger partial charge in [0.1, 0.15) is 11.5 Å². The van der Waals surface area contributed by atoms with Gasteiger partial charge in [0.15, 0.2) is 0 Å². The average Bonchev–Trinajstić information content (AvgIpc) is 2.84. The third-order valence-corrected chi connectivity index (χ3v) is 3.96. The zero-order valence-electron chi connectivity index (χ0n) is 8.40. The molecule has 81 valence electrons. The van der Waals surface area contributed by atoms with Crippen LogP contribution >= 0.6 is 0 Å². The van der Waals surface area contributed by atoms with Gasteiger partial charge in [-0.1, -0.05) is 0 Å². The van der Waals surface area contributed by atoms with E-state index in [1.165, 1.54) is 0 Å². The van der Waals surface area contributed by atoms with Crippen LogP contribution in [0.1, 0.15) is 19.3 Å². The molecule has 0 amide bonds. The summed E-state index contributed by atoms with van der Waals surface area (Å²) in [4.78, 5) is 11.8. The lowest BCUT2D eigenvalue weighted by Crippen LogP contribution is -2.45. The summed E-state index contributed by atoms with van der Waals surface area (Å²) in [6.45, 7) is 0.534. The van der Waals surface area contributed by atoms with Crippen LogP contribution in [0.2, 0.25) is 0 Å². The molecule has 0 aromatic rings. The maximum absolute atomic E-state index is 11.8. The maximum atomic E-state index is 11.8. The number of ether oxygens (including phenoxy) is 3. The molecular formula is C10H13O4Si. The lowest BCUT2D eigenvalue weighted by molar-refractivity contribution is -0.151. The second-order valence-corrected chi connectivity index (χ2v) is 4.80. The van der Waals surface area contributed by atoms with Gasteiger partial charge < -0.3 is 14.2 Å². The predicted molar refractivity (Wildman–Crippen MR) is 51.4 cm³/mol. The highest BCUT2D eigenvalue weighted by atomic mass is 28.1. The molecule has 0 aliphatic carbocycles. The highest BCUT2D eigenvalue weighted by Crippen LogP contribution is 2.53. The second-order valence-electron chi connectivity index (χ2n) is 4.51. The van der Waals surface area contributed by atoms with Crippen LogP contribution < -0.4 is 0 Å². The molecule has 3 aliphatic rings. The largest absolute Gasteiger partial charge is 0.465 e. The Morgan fingerprint density at radius 1 is 1.60 bits per heavy atom. The second kappa shape index (κ2) is 3.30. The summed E-state index contributed by atoms with van der Waals surface area (Å²) in [6, 6.07) is 0. The summed E-state index contributed by atoms with van der Waals surface area (Å²) >= 11 is 0. The SMILES string of the molecule is O=C1OCCC12CC1CC(OC[Si])C2O1. The van der Waals surface area contributed by atoms with Crippen LogP contribution in [0, 0.1) is 5.41 Å². The van der Waals surface area contributed by atoms with Gasteiger partial charge in [0.2, 0.25) is 0 Å². The van der Waals surface area contributed by atoms with E-state index in [9.17, 15) is 4.79 Å². The number of hydrogen-bond donors (Lipinski definition) is 0. The summed E-state index contributed by atoms with van der Waals surface area (Å²) < 4.78 is 16.4. The lowest BCUT2D eigenvalue weighted by Gasteiger charge is -2.31. The number of carbonyl (C=O) groups is 1. The summed E-state index contributed by atoms with van der Waals surface area (Å²) in [5, 5.41) is 0. The van der Waals surface area contributed by atoms with Gasteiger partial charge in [-0.15, -0.1) is 0 Å². The van der Waals surface area contributed by atoms with Gasteiger partial charge in [-0.3, -0.25) is 4.79 Å². The van der Waals surface area contributed by atoms with E-state index < -0.39 is 5.41 Å². The van der Waals surface area contributed by atoms with E-state index in [0.29, 0.717) is 12.8 Å². The van der Waals surface area contributed by atoms with Crippen molar-refractivity contribution in [3.63, 3.8) is 0 Å². The maximum Gasteiger partial charge on any atom is 0.315 e. The van der Waals surface area contributed by atoms with Crippen molar-refractivity contribution in [3.05, 3.63) is 0 Å². The highest BCUT2D eigenvalue weighted by molar-refractivity contribution is 6.08. The highest BCUT2D eigenvalue weighted by Gasteiger charge is 2.64. The summed E-state index contributed by atoms with van der Waals surface area (Å²) in [6.07, 6.45) is 3.14. The van der Waals surface area contributed by atoms with Crippen LogP contribution in [0.15, 0.2) is 0 Å². The monoisotopic (exact) mass is 225 g/mol. The first kappa shape index (κ1) is 9.81.